The van der Waals surface area contributed by atoms with Crippen LogP contribution in [-0.4, -0.2) is 25.1 Å². The monoisotopic (exact) mass is 247 g/mol. The number of hydrogen-bond acceptors (Lipinski definition) is 2. The van der Waals surface area contributed by atoms with E-state index in [0.717, 1.165) is 0 Å². The number of carbonyl (C=O) groups is 1. The zero-order valence-electron chi connectivity index (χ0n) is 8.46. The maximum atomic E-state index is 11.3. The Morgan fingerprint density at radius 2 is 2.13 bits per heavy atom. The van der Waals surface area contributed by atoms with Gasteiger partial charge in [0.1, 0.15) is 5.75 Å². The van der Waals surface area contributed by atoms with E-state index >= 15 is 0 Å². The Labute approximate surface area is 98.5 Å². The number of benzene rings is 1. The molecule has 5 heteroatoms. The molecule has 0 aromatic heterocycles. The number of halogens is 2. The van der Waals surface area contributed by atoms with Crippen molar-refractivity contribution in [3.05, 3.63) is 28.8 Å². The number of nitrogens with zero attached hydrogens (tertiary/aromatic N) is 1. The molecule has 0 aliphatic heterocycles. The minimum absolute atomic E-state index is 0.247. The second-order valence-corrected chi connectivity index (χ2v) is 3.85. The lowest BCUT2D eigenvalue weighted by Crippen LogP contribution is -2.25. The van der Waals surface area contributed by atoms with Gasteiger partial charge in [-0.1, -0.05) is 11.6 Å². The van der Waals surface area contributed by atoms with Crippen molar-refractivity contribution in [1.29, 1.82) is 0 Å². The minimum atomic E-state index is -0.441. The Hall–Kier alpha value is -0.930. The molecule has 0 aliphatic carbocycles. The smallest absolute Gasteiger partial charge is 0.410 e. The van der Waals surface area contributed by atoms with Crippen LogP contribution in [0.15, 0.2) is 18.2 Å². The summed E-state index contributed by atoms with van der Waals surface area (Å²) in [5, 5.41) is 0.565. The third-order valence-corrected chi connectivity index (χ3v) is 2.25. The summed E-state index contributed by atoms with van der Waals surface area (Å²) >= 11 is 11.5. The molecule has 3 nitrogen and oxygen atoms in total. The first kappa shape index (κ1) is 12.1. The van der Waals surface area contributed by atoms with Gasteiger partial charge >= 0.3 is 6.09 Å². The third-order valence-electron chi connectivity index (χ3n) is 1.73. The van der Waals surface area contributed by atoms with E-state index in [4.69, 9.17) is 27.9 Å². The highest BCUT2D eigenvalue weighted by Gasteiger charge is 2.10. The summed E-state index contributed by atoms with van der Waals surface area (Å²) in [5.74, 6) is 0.685. The largest absolute Gasteiger partial charge is 0.414 e. The Bertz CT molecular complexity index is 366. The normalized spacial score (nSPS) is 9.87. The Balaban J connectivity index is 2.89. The van der Waals surface area contributed by atoms with Gasteiger partial charge < -0.3 is 9.64 Å². The van der Waals surface area contributed by atoms with Crippen molar-refractivity contribution in [2.75, 3.05) is 14.1 Å². The van der Waals surface area contributed by atoms with Gasteiger partial charge in [-0.25, -0.2) is 4.79 Å². The zero-order valence-corrected chi connectivity index (χ0v) is 9.97. The summed E-state index contributed by atoms with van der Waals surface area (Å²) in [6, 6.07) is 4.95. The fourth-order valence-corrected chi connectivity index (χ4v) is 1.34. The number of alkyl halides is 1. The fourth-order valence-electron chi connectivity index (χ4n) is 0.937. The van der Waals surface area contributed by atoms with E-state index in [1.54, 1.807) is 32.3 Å². The first-order valence-corrected chi connectivity index (χ1v) is 5.19. The molecule has 0 aliphatic rings. The molecule has 0 bridgehead atoms. The van der Waals surface area contributed by atoms with Gasteiger partial charge in [0.05, 0.1) is 5.88 Å². The Morgan fingerprint density at radius 1 is 1.47 bits per heavy atom. The van der Waals surface area contributed by atoms with Crippen LogP contribution >= 0.6 is 23.2 Å². The van der Waals surface area contributed by atoms with Crippen LogP contribution in [0.3, 0.4) is 0 Å². The molecule has 1 amide bonds. The second-order valence-electron chi connectivity index (χ2n) is 3.15. The molecule has 0 fully saturated rings. The lowest BCUT2D eigenvalue weighted by Gasteiger charge is -2.12. The highest BCUT2D eigenvalue weighted by Crippen LogP contribution is 2.24. The van der Waals surface area contributed by atoms with E-state index in [1.165, 1.54) is 4.90 Å². The molecule has 0 saturated carbocycles. The van der Waals surface area contributed by atoms with E-state index < -0.39 is 6.09 Å². The quantitative estimate of drug-likeness (QED) is 0.752. The molecule has 0 N–H and O–H groups in total. The van der Waals surface area contributed by atoms with Crippen LogP contribution in [0.5, 0.6) is 5.75 Å². The number of hydrogen-bond donors (Lipinski definition) is 0. The van der Waals surface area contributed by atoms with Gasteiger partial charge in [-0.3, -0.25) is 0 Å². The molecule has 0 atom stereocenters. The van der Waals surface area contributed by atoms with Crippen LogP contribution in [0.1, 0.15) is 5.56 Å². The van der Waals surface area contributed by atoms with E-state index in [1.807, 2.05) is 0 Å². The average molecular weight is 248 g/mol. The summed E-state index contributed by atoms with van der Waals surface area (Å²) in [7, 11) is 3.22. The number of carbonyl (C=O) groups excluding carboxylic acids is 1. The van der Waals surface area contributed by atoms with Crippen molar-refractivity contribution in [2.24, 2.45) is 0 Å². The van der Waals surface area contributed by atoms with E-state index in [9.17, 15) is 4.79 Å². The first-order chi connectivity index (χ1) is 7.04. The third kappa shape index (κ3) is 3.29. The highest BCUT2D eigenvalue weighted by molar-refractivity contribution is 6.30. The van der Waals surface area contributed by atoms with Crippen LogP contribution in [0.4, 0.5) is 4.79 Å². The molecule has 1 aromatic rings. The minimum Gasteiger partial charge on any atom is -0.410 e. The van der Waals surface area contributed by atoms with Crippen molar-refractivity contribution < 1.29 is 9.53 Å². The van der Waals surface area contributed by atoms with Gasteiger partial charge in [-0.2, -0.15) is 0 Å². The predicted octanol–water partition coefficient (Wildman–Crippen LogP) is 3.14. The number of rotatable bonds is 2. The zero-order chi connectivity index (χ0) is 11.4. The average Bonchev–Trinajstić information content (AvgIpc) is 2.20. The molecular weight excluding hydrogens is 237 g/mol. The van der Waals surface area contributed by atoms with Crippen LogP contribution in [0.2, 0.25) is 5.02 Å². The Kier molecular flexibility index (Phi) is 4.24. The molecule has 1 aromatic carbocycles. The van der Waals surface area contributed by atoms with E-state index in [-0.39, 0.29) is 5.88 Å². The summed E-state index contributed by atoms with van der Waals surface area (Å²) in [5.41, 5.74) is 0.694. The fraction of sp³-hybridized carbons (Fsp3) is 0.300. The maximum absolute atomic E-state index is 11.3. The van der Waals surface area contributed by atoms with Crippen LogP contribution in [0.25, 0.3) is 0 Å². The van der Waals surface area contributed by atoms with Gasteiger partial charge in [-0.15, -0.1) is 11.6 Å². The van der Waals surface area contributed by atoms with Crippen molar-refractivity contribution in [1.82, 2.24) is 4.90 Å². The van der Waals surface area contributed by atoms with Crippen LogP contribution < -0.4 is 4.74 Å². The second kappa shape index (κ2) is 5.24. The topological polar surface area (TPSA) is 29.5 Å². The predicted molar refractivity (Wildman–Crippen MR) is 60.7 cm³/mol. The molecule has 0 radical (unpaired) electrons. The molecular formula is C10H11Cl2NO2. The lowest BCUT2D eigenvalue weighted by molar-refractivity contribution is 0.171. The van der Waals surface area contributed by atoms with Crippen molar-refractivity contribution >= 4 is 29.3 Å². The van der Waals surface area contributed by atoms with Crippen molar-refractivity contribution in [2.45, 2.75) is 5.88 Å². The highest BCUT2D eigenvalue weighted by atomic mass is 35.5. The van der Waals surface area contributed by atoms with Gasteiger partial charge in [0.25, 0.3) is 0 Å². The first-order valence-electron chi connectivity index (χ1n) is 4.28. The van der Waals surface area contributed by atoms with Gasteiger partial charge in [0, 0.05) is 24.7 Å². The van der Waals surface area contributed by atoms with E-state index in [2.05, 4.69) is 0 Å². The lowest BCUT2D eigenvalue weighted by atomic mass is 10.2. The Morgan fingerprint density at radius 3 is 2.67 bits per heavy atom. The summed E-state index contributed by atoms with van der Waals surface area (Å²) in [6.45, 7) is 0. The van der Waals surface area contributed by atoms with E-state index in [0.29, 0.717) is 16.3 Å². The molecule has 0 saturated heterocycles. The standard InChI is InChI=1S/C10H11Cl2NO2/c1-13(2)10(14)15-9-4-3-8(12)5-7(9)6-11/h3-5H,6H2,1-2H3. The molecule has 0 heterocycles. The summed E-state index contributed by atoms with van der Waals surface area (Å²) in [4.78, 5) is 12.6. The summed E-state index contributed by atoms with van der Waals surface area (Å²) in [6.07, 6.45) is -0.441. The maximum Gasteiger partial charge on any atom is 0.414 e. The summed E-state index contributed by atoms with van der Waals surface area (Å²) < 4.78 is 5.10. The molecule has 82 valence electrons. The van der Waals surface area contributed by atoms with Gasteiger partial charge in [-0.05, 0) is 18.2 Å². The molecule has 15 heavy (non-hydrogen) atoms. The SMILES string of the molecule is CN(C)C(=O)Oc1ccc(Cl)cc1CCl. The number of ether oxygens (including phenoxy) is 1. The number of amides is 1. The molecule has 1 rings (SSSR count). The van der Waals surface area contributed by atoms with Crippen LogP contribution in [0, 0.1) is 0 Å². The van der Waals surface area contributed by atoms with Gasteiger partial charge in [0.2, 0.25) is 0 Å². The molecule has 0 unspecified atom stereocenters. The van der Waals surface area contributed by atoms with Crippen LogP contribution in [-0.2, 0) is 5.88 Å². The van der Waals surface area contributed by atoms with Crippen molar-refractivity contribution in [3.8, 4) is 5.75 Å². The molecule has 0 spiro atoms. The van der Waals surface area contributed by atoms with Gasteiger partial charge in [0.15, 0.2) is 0 Å². The van der Waals surface area contributed by atoms with Crippen molar-refractivity contribution in [3.63, 3.8) is 0 Å².